The number of aromatic nitrogens is 2. The predicted molar refractivity (Wildman–Crippen MR) is 88.8 cm³/mol. The van der Waals surface area contributed by atoms with Crippen LogP contribution < -0.4 is 10.6 Å². The second kappa shape index (κ2) is 7.67. The molecule has 0 amide bonds. The maximum Gasteiger partial charge on any atom is 0.418 e. The lowest BCUT2D eigenvalue weighted by atomic mass is 10.1. The van der Waals surface area contributed by atoms with Gasteiger partial charge in [-0.3, -0.25) is 0 Å². The zero-order valence-corrected chi connectivity index (χ0v) is 13.9. The van der Waals surface area contributed by atoms with E-state index in [-0.39, 0.29) is 16.5 Å². The Kier molecular flexibility index (Phi) is 5.84. The van der Waals surface area contributed by atoms with Crippen molar-refractivity contribution < 1.29 is 13.2 Å². The minimum Gasteiger partial charge on any atom is -0.353 e. The molecule has 0 saturated carbocycles. The molecular formula is C15H17ClF3N5. The van der Waals surface area contributed by atoms with E-state index in [4.69, 9.17) is 11.6 Å². The minimum atomic E-state index is -4.52. The highest BCUT2D eigenvalue weighted by Crippen LogP contribution is 2.37. The van der Waals surface area contributed by atoms with Crippen molar-refractivity contribution >= 4 is 29.1 Å². The van der Waals surface area contributed by atoms with Crippen molar-refractivity contribution in [3.8, 4) is 0 Å². The summed E-state index contributed by atoms with van der Waals surface area (Å²) in [4.78, 5) is 10.2. The molecule has 0 atom stereocenters. The standard InChI is InChI=1S/C15H17ClF3N5/c1-24(2)8-7-21-14-20-6-5-13(23-14)22-12-4-3-10(16)9-11(12)15(17,18)19/h3-6,9H,7-8H2,1-2H3,(H2,20,21,22,23). The van der Waals surface area contributed by atoms with E-state index in [9.17, 15) is 13.2 Å². The van der Waals surface area contributed by atoms with Crippen molar-refractivity contribution in [2.24, 2.45) is 0 Å². The van der Waals surface area contributed by atoms with Crippen LogP contribution in [0.1, 0.15) is 5.56 Å². The van der Waals surface area contributed by atoms with Gasteiger partial charge < -0.3 is 15.5 Å². The first-order valence-electron chi connectivity index (χ1n) is 7.11. The summed E-state index contributed by atoms with van der Waals surface area (Å²) in [5, 5.41) is 5.69. The maximum absolute atomic E-state index is 13.1. The van der Waals surface area contributed by atoms with E-state index in [1.54, 1.807) is 0 Å². The highest BCUT2D eigenvalue weighted by atomic mass is 35.5. The molecule has 1 aromatic carbocycles. The summed E-state index contributed by atoms with van der Waals surface area (Å²) in [5.74, 6) is 0.592. The van der Waals surface area contributed by atoms with Gasteiger partial charge in [-0.1, -0.05) is 11.6 Å². The van der Waals surface area contributed by atoms with Crippen molar-refractivity contribution in [2.45, 2.75) is 6.18 Å². The quantitative estimate of drug-likeness (QED) is 0.820. The highest BCUT2D eigenvalue weighted by molar-refractivity contribution is 6.30. The molecule has 0 aliphatic rings. The summed E-state index contributed by atoms with van der Waals surface area (Å²) >= 11 is 5.67. The Hall–Kier alpha value is -2.06. The average Bonchev–Trinajstić information content (AvgIpc) is 2.48. The summed E-state index contributed by atoms with van der Waals surface area (Å²) in [5.41, 5.74) is -0.972. The molecule has 0 aliphatic carbocycles. The second-order valence-electron chi connectivity index (χ2n) is 5.31. The molecule has 0 spiro atoms. The van der Waals surface area contributed by atoms with Gasteiger partial charge in [0, 0.05) is 24.3 Å². The number of nitrogens with zero attached hydrogens (tertiary/aromatic N) is 3. The van der Waals surface area contributed by atoms with Gasteiger partial charge in [-0.15, -0.1) is 0 Å². The van der Waals surface area contributed by atoms with Crippen molar-refractivity contribution in [2.75, 3.05) is 37.8 Å². The predicted octanol–water partition coefficient (Wildman–Crippen LogP) is 3.87. The third-order valence-corrected chi connectivity index (χ3v) is 3.28. The van der Waals surface area contributed by atoms with Gasteiger partial charge >= 0.3 is 6.18 Å². The zero-order chi connectivity index (χ0) is 17.7. The van der Waals surface area contributed by atoms with Crippen molar-refractivity contribution in [3.05, 3.63) is 41.0 Å². The van der Waals surface area contributed by atoms with Gasteiger partial charge in [0.15, 0.2) is 0 Å². The van der Waals surface area contributed by atoms with E-state index in [2.05, 4.69) is 20.6 Å². The number of anilines is 3. The summed E-state index contributed by atoms with van der Waals surface area (Å²) in [6.45, 7) is 1.39. The van der Waals surface area contributed by atoms with E-state index in [1.807, 2.05) is 19.0 Å². The van der Waals surface area contributed by atoms with Crippen molar-refractivity contribution in [3.63, 3.8) is 0 Å². The first kappa shape index (κ1) is 18.3. The molecule has 2 N–H and O–H groups in total. The first-order chi connectivity index (χ1) is 11.3. The molecule has 2 rings (SSSR count). The molecule has 0 bridgehead atoms. The van der Waals surface area contributed by atoms with E-state index in [0.29, 0.717) is 12.5 Å². The van der Waals surface area contributed by atoms with E-state index >= 15 is 0 Å². The molecule has 0 radical (unpaired) electrons. The molecule has 130 valence electrons. The summed E-state index contributed by atoms with van der Waals surface area (Å²) in [6, 6.07) is 5.02. The molecular weight excluding hydrogens is 343 g/mol. The monoisotopic (exact) mass is 359 g/mol. The van der Waals surface area contributed by atoms with Crippen LogP contribution in [0.3, 0.4) is 0 Å². The van der Waals surface area contributed by atoms with Gasteiger partial charge in [0.05, 0.1) is 11.3 Å². The van der Waals surface area contributed by atoms with E-state index in [1.165, 1.54) is 24.4 Å². The number of halogens is 4. The van der Waals surface area contributed by atoms with Gasteiger partial charge in [0.25, 0.3) is 0 Å². The number of hydrogen-bond acceptors (Lipinski definition) is 5. The Bertz CT molecular complexity index is 691. The summed E-state index contributed by atoms with van der Waals surface area (Å²) < 4.78 is 39.3. The van der Waals surface area contributed by atoms with Gasteiger partial charge in [-0.05, 0) is 38.4 Å². The van der Waals surface area contributed by atoms with Crippen LogP contribution in [0.25, 0.3) is 0 Å². The molecule has 0 unspecified atom stereocenters. The van der Waals surface area contributed by atoms with Crippen LogP contribution >= 0.6 is 11.6 Å². The maximum atomic E-state index is 13.1. The van der Waals surface area contributed by atoms with Gasteiger partial charge in [0.1, 0.15) is 5.82 Å². The van der Waals surface area contributed by atoms with Crippen LogP contribution in [0.2, 0.25) is 5.02 Å². The van der Waals surface area contributed by atoms with Crippen LogP contribution in [0.4, 0.5) is 30.6 Å². The first-order valence-corrected chi connectivity index (χ1v) is 7.49. The molecule has 5 nitrogen and oxygen atoms in total. The fourth-order valence-electron chi connectivity index (χ4n) is 1.90. The molecule has 9 heteroatoms. The van der Waals surface area contributed by atoms with Gasteiger partial charge in [0.2, 0.25) is 5.95 Å². The average molecular weight is 360 g/mol. The lowest BCUT2D eigenvalue weighted by Crippen LogP contribution is -2.21. The molecule has 24 heavy (non-hydrogen) atoms. The SMILES string of the molecule is CN(C)CCNc1nccc(Nc2ccc(Cl)cc2C(F)(F)F)n1. The number of rotatable bonds is 6. The van der Waals surface area contributed by atoms with Crippen LogP contribution in [-0.4, -0.2) is 42.1 Å². The molecule has 0 fully saturated rings. The highest BCUT2D eigenvalue weighted by Gasteiger charge is 2.33. The Labute approximate surface area is 142 Å². The molecule has 0 aliphatic heterocycles. The number of nitrogens with one attached hydrogen (secondary N) is 2. The number of alkyl halides is 3. The lowest BCUT2D eigenvalue weighted by Gasteiger charge is -2.15. The number of benzene rings is 1. The van der Waals surface area contributed by atoms with Gasteiger partial charge in [-0.2, -0.15) is 18.2 Å². The van der Waals surface area contributed by atoms with Crippen LogP contribution in [0.15, 0.2) is 30.5 Å². The lowest BCUT2D eigenvalue weighted by molar-refractivity contribution is -0.136. The van der Waals surface area contributed by atoms with Crippen molar-refractivity contribution in [1.29, 1.82) is 0 Å². The van der Waals surface area contributed by atoms with E-state index < -0.39 is 11.7 Å². The van der Waals surface area contributed by atoms with Crippen molar-refractivity contribution in [1.82, 2.24) is 14.9 Å². The Morgan fingerprint density at radius 1 is 1.21 bits per heavy atom. The fraction of sp³-hybridized carbons (Fsp3) is 0.333. The summed E-state index contributed by atoms with van der Waals surface area (Å²) in [7, 11) is 3.86. The number of likely N-dealkylation sites (N-methyl/N-ethyl adjacent to an activating group) is 1. The van der Waals surface area contributed by atoms with Crippen LogP contribution in [0, 0.1) is 0 Å². The zero-order valence-electron chi connectivity index (χ0n) is 13.2. The minimum absolute atomic E-state index is 0.0154. The third-order valence-electron chi connectivity index (χ3n) is 3.05. The Morgan fingerprint density at radius 2 is 1.96 bits per heavy atom. The second-order valence-corrected chi connectivity index (χ2v) is 5.74. The largest absolute Gasteiger partial charge is 0.418 e. The van der Waals surface area contributed by atoms with Crippen LogP contribution in [0.5, 0.6) is 0 Å². The van der Waals surface area contributed by atoms with E-state index in [0.717, 1.165) is 12.6 Å². The third kappa shape index (κ3) is 5.24. The van der Waals surface area contributed by atoms with Crippen LogP contribution in [-0.2, 0) is 6.18 Å². The normalized spacial score (nSPS) is 11.6. The Balaban J connectivity index is 2.17. The smallest absolute Gasteiger partial charge is 0.353 e. The fourth-order valence-corrected chi connectivity index (χ4v) is 2.07. The molecule has 0 saturated heterocycles. The molecule has 2 aromatic rings. The molecule has 1 aromatic heterocycles. The Morgan fingerprint density at radius 3 is 2.62 bits per heavy atom. The summed E-state index contributed by atoms with van der Waals surface area (Å²) in [6.07, 6.45) is -3.05. The number of hydrogen-bond donors (Lipinski definition) is 2. The molecule has 1 heterocycles. The topological polar surface area (TPSA) is 53.1 Å². The van der Waals surface area contributed by atoms with Gasteiger partial charge in [-0.25, -0.2) is 4.98 Å².